The normalized spacial score (nSPS) is 10.7. The second kappa shape index (κ2) is 8.84. The predicted molar refractivity (Wildman–Crippen MR) is 110 cm³/mol. The molecule has 0 aliphatic carbocycles. The van der Waals surface area contributed by atoms with E-state index in [0.717, 1.165) is 11.6 Å². The minimum Gasteiger partial charge on any atom is -0.484 e. The highest BCUT2D eigenvalue weighted by Crippen LogP contribution is 2.26. The number of aromatic nitrogens is 2. The first-order chi connectivity index (χ1) is 14.6. The van der Waals surface area contributed by atoms with Crippen molar-refractivity contribution in [3.63, 3.8) is 0 Å². The fourth-order valence-corrected chi connectivity index (χ4v) is 3.01. The average Bonchev–Trinajstić information content (AvgIpc) is 3.38. The lowest BCUT2D eigenvalue weighted by atomic mass is 10.2. The number of benzene rings is 2. The van der Waals surface area contributed by atoms with E-state index >= 15 is 0 Å². The van der Waals surface area contributed by atoms with Gasteiger partial charge in [-0.25, -0.2) is 4.39 Å². The molecule has 8 heteroatoms. The van der Waals surface area contributed by atoms with E-state index < -0.39 is 11.7 Å². The Kier molecular flexibility index (Phi) is 5.81. The Balaban J connectivity index is 1.34. The van der Waals surface area contributed by atoms with Gasteiger partial charge >= 0.3 is 0 Å². The number of amides is 1. The molecule has 2 aromatic heterocycles. The maximum absolute atomic E-state index is 13.1. The smallest absolute Gasteiger partial charge is 0.292 e. The monoisotopic (exact) mass is 425 g/mol. The lowest BCUT2D eigenvalue weighted by Gasteiger charge is -2.06. The summed E-state index contributed by atoms with van der Waals surface area (Å²) in [4.78, 5) is 12.4. The summed E-state index contributed by atoms with van der Waals surface area (Å²) < 4.78 is 25.8. The van der Waals surface area contributed by atoms with Gasteiger partial charge in [0.15, 0.2) is 11.6 Å². The van der Waals surface area contributed by atoms with Gasteiger partial charge in [-0.1, -0.05) is 41.9 Å². The molecule has 30 heavy (non-hydrogen) atoms. The molecule has 0 aliphatic heterocycles. The van der Waals surface area contributed by atoms with E-state index in [2.05, 4.69) is 10.4 Å². The van der Waals surface area contributed by atoms with Crippen LogP contribution in [0.3, 0.4) is 0 Å². The highest BCUT2D eigenvalue weighted by Gasteiger charge is 2.14. The summed E-state index contributed by atoms with van der Waals surface area (Å²) in [5.41, 5.74) is 1.11. The number of anilines is 1. The van der Waals surface area contributed by atoms with Crippen molar-refractivity contribution in [1.82, 2.24) is 9.78 Å². The highest BCUT2D eigenvalue weighted by atomic mass is 35.5. The van der Waals surface area contributed by atoms with E-state index in [1.165, 1.54) is 12.1 Å². The molecule has 2 heterocycles. The van der Waals surface area contributed by atoms with Gasteiger partial charge in [-0.3, -0.25) is 9.48 Å². The zero-order valence-electron chi connectivity index (χ0n) is 15.7. The van der Waals surface area contributed by atoms with Crippen LogP contribution in [0.1, 0.15) is 21.9 Å². The molecule has 2 aromatic carbocycles. The fraction of sp³-hybridized carbons (Fsp3) is 0.0909. The van der Waals surface area contributed by atoms with E-state index in [1.54, 1.807) is 29.1 Å². The van der Waals surface area contributed by atoms with Crippen molar-refractivity contribution in [3.05, 3.63) is 101 Å². The number of halogens is 2. The molecule has 0 fully saturated rings. The molecule has 0 saturated heterocycles. The van der Waals surface area contributed by atoms with Crippen LogP contribution in [0, 0.1) is 5.82 Å². The van der Waals surface area contributed by atoms with Gasteiger partial charge in [0.2, 0.25) is 0 Å². The van der Waals surface area contributed by atoms with Crippen LogP contribution in [-0.4, -0.2) is 15.7 Å². The number of hydrogen-bond donors (Lipinski definition) is 1. The molecule has 0 atom stereocenters. The summed E-state index contributed by atoms with van der Waals surface area (Å²) in [5, 5.41) is 7.20. The van der Waals surface area contributed by atoms with Crippen molar-refractivity contribution in [2.75, 3.05) is 5.32 Å². The number of hydrogen-bond acceptors (Lipinski definition) is 4. The van der Waals surface area contributed by atoms with Crippen LogP contribution in [0.25, 0.3) is 0 Å². The number of furan rings is 1. The molecule has 0 radical (unpaired) electrons. The molecular formula is C22H17ClFN3O3. The summed E-state index contributed by atoms with van der Waals surface area (Å²) in [6, 6.07) is 18.6. The minimum absolute atomic E-state index is 0.0460. The Morgan fingerprint density at radius 3 is 2.77 bits per heavy atom. The van der Waals surface area contributed by atoms with Crippen molar-refractivity contribution in [2.24, 2.45) is 0 Å². The average molecular weight is 426 g/mol. The van der Waals surface area contributed by atoms with Gasteiger partial charge in [-0.15, -0.1) is 0 Å². The van der Waals surface area contributed by atoms with Gasteiger partial charge in [0, 0.05) is 12.3 Å². The van der Waals surface area contributed by atoms with Gasteiger partial charge in [0.25, 0.3) is 5.91 Å². The van der Waals surface area contributed by atoms with Crippen LogP contribution in [0.15, 0.2) is 77.3 Å². The summed E-state index contributed by atoms with van der Waals surface area (Å²) in [7, 11) is 0. The van der Waals surface area contributed by atoms with Crippen molar-refractivity contribution >= 4 is 23.3 Å². The first-order valence-electron chi connectivity index (χ1n) is 9.12. The number of ether oxygens (including phenoxy) is 1. The molecule has 1 N–H and O–H groups in total. The highest BCUT2D eigenvalue weighted by molar-refractivity contribution is 6.32. The summed E-state index contributed by atoms with van der Waals surface area (Å²) in [6.07, 6.45) is 1.79. The van der Waals surface area contributed by atoms with Crippen LogP contribution >= 0.6 is 11.6 Å². The summed E-state index contributed by atoms with van der Waals surface area (Å²) >= 11 is 5.93. The molecular weight excluding hydrogens is 409 g/mol. The molecule has 0 saturated carbocycles. The number of nitrogens with zero attached hydrogens (tertiary/aromatic N) is 2. The van der Waals surface area contributed by atoms with Gasteiger partial charge in [0.05, 0.1) is 11.6 Å². The number of rotatable bonds is 7. The first-order valence-corrected chi connectivity index (χ1v) is 9.50. The van der Waals surface area contributed by atoms with Gasteiger partial charge in [0.1, 0.15) is 23.9 Å². The maximum Gasteiger partial charge on any atom is 0.292 e. The molecule has 1 amide bonds. The zero-order valence-corrected chi connectivity index (χ0v) is 16.5. The second-order valence-electron chi connectivity index (χ2n) is 6.47. The fourth-order valence-electron chi connectivity index (χ4n) is 2.78. The van der Waals surface area contributed by atoms with E-state index in [1.807, 2.05) is 30.3 Å². The number of nitrogens with one attached hydrogen (secondary N) is 1. The van der Waals surface area contributed by atoms with Crippen LogP contribution in [0.4, 0.5) is 10.2 Å². The largest absolute Gasteiger partial charge is 0.484 e. The summed E-state index contributed by atoms with van der Waals surface area (Å²) in [6.45, 7) is 0.648. The quantitative estimate of drug-likeness (QED) is 0.444. The molecule has 0 unspecified atom stereocenters. The van der Waals surface area contributed by atoms with Gasteiger partial charge in [-0.05, 0) is 35.9 Å². The lowest BCUT2D eigenvalue weighted by Crippen LogP contribution is -2.12. The Morgan fingerprint density at radius 2 is 1.97 bits per heavy atom. The molecule has 0 bridgehead atoms. The second-order valence-corrected chi connectivity index (χ2v) is 6.87. The van der Waals surface area contributed by atoms with Crippen molar-refractivity contribution in [2.45, 2.75) is 13.2 Å². The third-order valence-corrected chi connectivity index (χ3v) is 4.51. The van der Waals surface area contributed by atoms with Crippen molar-refractivity contribution < 1.29 is 18.3 Å². The molecule has 4 rings (SSSR count). The molecule has 0 spiro atoms. The van der Waals surface area contributed by atoms with Crippen LogP contribution in [0.2, 0.25) is 5.02 Å². The minimum atomic E-state index is -0.449. The van der Waals surface area contributed by atoms with Crippen LogP contribution < -0.4 is 10.1 Å². The first kappa shape index (κ1) is 19.7. The van der Waals surface area contributed by atoms with Gasteiger partial charge in [-0.2, -0.15) is 5.10 Å². The standard InChI is InChI=1S/C22H17ClFN3O3/c23-18-12-16(24)6-8-19(18)29-14-17-7-9-20(30-17)22(28)25-21-10-11-27(26-21)13-15-4-2-1-3-5-15/h1-12H,13-14H2,(H,25,26,28). The third kappa shape index (κ3) is 4.87. The Morgan fingerprint density at radius 1 is 1.13 bits per heavy atom. The summed E-state index contributed by atoms with van der Waals surface area (Å²) in [5.74, 6) is 0.417. The molecule has 0 aliphatic rings. The van der Waals surface area contributed by atoms with E-state index in [0.29, 0.717) is 23.9 Å². The topological polar surface area (TPSA) is 69.3 Å². The molecule has 152 valence electrons. The maximum atomic E-state index is 13.1. The van der Waals surface area contributed by atoms with Crippen molar-refractivity contribution in [1.29, 1.82) is 0 Å². The SMILES string of the molecule is O=C(Nc1ccn(Cc2ccccc2)n1)c1ccc(COc2ccc(F)cc2Cl)o1. The Hall–Kier alpha value is -3.58. The van der Waals surface area contributed by atoms with Crippen LogP contribution in [0.5, 0.6) is 5.75 Å². The predicted octanol–water partition coefficient (Wildman–Crippen LogP) is 5.15. The van der Waals surface area contributed by atoms with Crippen molar-refractivity contribution in [3.8, 4) is 5.75 Å². The third-order valence-electron chi connectivity index (χ3n) is 4.22. The van der Waals surface area contributed by atoms with Crippen LogP contribution in [-0.2, 0) is 13.2 Å². The van der Waals surface area contributed by atoms with Gasteiger partial charge < -0.3 is 14.5 Å². The molecule has 4 aromatic rings. The Bertz CT molecular complexity index is 1160. The van der Waals surface area contributed by atoms with E-state index in [-0.39, 0.29) is 17.4 Å². The van der Waals surface area contributed by atoms with E-state index in [9.17, 15) is 9.18 Å². The van der Waals surface area contributed by atoms with E-state index in [4.69, 9.17) is 20.8 Å². The Labute approximate surface area is 176 Å². The zero-order chi connectivity index (χ0) is 20.9. The number of carbonyl (C=O) groups is 1. The molecule has 6 nitrogen and oxygen atoms in total. The number of carbonyl (C=O) groups excluding carboxylic acids is 1. The lowest BCUT2D eigenvalue weighted by molar-refractivity contribution is 0.0992.